The van der Waals surface area contributed by atoms with Gasteiger partial charge in [0, 0.05) is 12.1 Å². The van der Waals surface area contributed by atoms with Crippen LogP contribution in [-0.2, 0) is 4.79 Å². The van der Waals surface area contributed by atoms with Gasteiger partial charge in [-0.25, -0.2) is 0 Å². The van der Waals surface area contributed by atoms with Crippen molar-refractivity contribution in [3.05, 3.63) is 29.8 Å². The monoisotopic (exact) mass is 299 g/mol. The first-order valence-electron chi connectivity index (χ1n) is 6.62. The highest BCUT2D eigenvalue weighted by Gasteiger charge is 2.11. The average Bonchev–Trinajstić information content (AvgIpc) is 2.38. The largest absolute Gasteiger partial charge is 0.490 e. The lowest BCUT2D eigenvalue weighted by molar-refractivity contribution is -0.116. The molecule has 0 aliphatic heterocycles. The summed E-state index contributed by atoms with van der Waals surface area (Å²) < 4.78 is 34.2. The highest BCUT2D eigenvalue weighted by atomic mass is 19.3. The molecule has 1 aromatic rings. The van der Waals surface area contributed by atoms with Gasteiger partial charge >= 0.3 is 6.61 Å². The van der Waals surface area contributed by atoms with Crippen LogP contribution >= 0.6 is 0 Å². The predicted molar refractivity (Wildman–Crippen MR) is 76.6 cm³/mol. The van der Waals surface area contributed by atoms with Crippen molar-refractivity contribution in [2.45, 2.75) is 33.4 Å². The molecule has 0 atom stereocenters. The lowest BCUT2D eigenvalue weighted by Crippen LogP contribution is -2.28. The van der Waals surface area contributed by atoms with Crippen LogP contribution in [0.25, 0.3) is 6.08 Å². The molecular weight excluding hydrogens is 280 g/mol. The van der Waals surface area contributed by atoms with Crippen LogP contribution in [0.15, 0.2) is 24.3 Å². The number of amides is 1. The fourth-order valence-electron chi connectivity index (χ4n) is 1.59. The van der Waals surface area contributed by atoms with Crippen LogP contribution < -0.4 is 14.8 Å². The molecule has 0 unspecified atom stereocenters. The molecule has 1 amide bonds. The van der Waals surface area contributed by atoms with Crippen molar-refractivity contribution in [2.24, 2.45) is 0 Å². The highest BCUT2D eigenvalue weighted by molar-refractivity contribution is 5.91. The Morgan fingerprint density at radius 1 is 1.33 bits per heavy atom. The number of ether oxygens (including phenoxy) is 2. The van der Waals surface area contributed by atoms with Crippen LogP contribution in [0.5, 0.6) is 11.5 Å². The molecule has 0 radical (unpaired) electrons. The smallest absolute Gasteiger partial charge is 0.387 e. The molecule has 0 bridgehead atoms. The lowest BCUT2D eigenvalue weighted by atomic mass is 10.2. The predicted octanol–water partition coefficient (Wildman–Crippen LogP) is 3.22. The van der Waals surface area contributed by atoms with E-state index in [2.05, 4.69) is 10.1 Å². The fourth-order valence-corrected chi connectivity index (χ4v) is 1.59. The van der Waals surface area contributed by atoms with Crippen LogP contribution in [0.1, 0.15) is 26.3 Å². The van der Waals surface area contributed by atoms with Crippen LogP contribution in [0.4, 0.5) is 8.78 Å². The van der Waals surface area contributed by atoms with E-state index in [0.29, 0.717) is 12.2 Å². The van der Waals surface area contributed by atoms with Crippen LogP contribution in [0.3, 0.4) is 0 Å². The summed E-state index contributed by atoms with van der Waals surface area (Å²) in [4.78, 5) is 11.5. The van der Waals surface area contributed by atoms with Gasteiger partial charge in [0.25, 0.3) is 0 Å². The van der Waals surface area contributed by atoms with Crippen molar-refractivity contribution in [3.8, 4) is 11.5 Å². The van der Waals surface area contributed by atoms with Crippen molar-refractivity contribution in [1.29, 1.82) is 0 Å². The van der Waals surface area contributed by atoms with Crippen LogP contribution in [0.2, 0.25) is 0 Å². The molecule has 116 valence electrons. The Bertz CT molecular complexity index is 502. The van der Waals surface area contributed by atoms with Gasteiger partial charge in [0.2, 0.25) is 5.91 Å². The number of halogens is 2. The van der Waals surface area contributed by atoms with E-state index in [9.17, 15) is 13.6 Å². The van der Waals surface area contributed by atoms with Crippen molar-refractivity contribution in [2.75, 3.05) is 6.61 Å². The second-order valence-corrected chi connectivity index (χ2v) is 4.51. The van der Waals surface area contributed by atoms with Gasteiger partial charge in [-0.15, -0.1) is 0 Å². The summed E-state index contributed by atoms with van der Waals surface area (Å²) in [6.45, 7) is 2.86. The minimum Gasteiger partial charge on any atom is -0.490 e. The second kappa shape index (κ2) is 8.24. The van der Waals surface area contributed by atoms with Gasteiger partial charge in [-0.1, -0.05) is 6.07 Å². The van der Waals surface area contributed by atoms with Gasteiger partial charge in [0.1, 0.15) is 0 Å². The topological polar surface area (TPSA) is 47.6 Å². The van der Waals surface area contributed by atoms with E-state index < -0.39 is 6.61 Å². The summed E-state index contributed by atoms with van der Waals surface area (Å²) >= 11 is 0. The molecule has 0 saturated carbocycles. The van der Waals surface area contributed by atoms with Gasteiger partial charge < -0.3 is 14.8 Å². The molecule has 0 spiro atoms. The highest BCUT2D eigenvalue weighted by Crippen LogP contribution is 2.30. The van der Waals surface area contributed by atoms with E-state index in [1.165, 1.54) is 12.1 Å². The molecule has 0 aromatic heterocycles. The Balaban J connectivity index is 2.87. The number of benzene rings is 1. The molecular formula is C15H19F2NO3. The Kier molecular flexibility index (Phi) is 6.65. The number of nitrogens with one attached hydrogen (secondary N) is 1. The van der Waals surface area contributed by atoms with E-state index in [1.807, 2.05) is 13.8 Å². The molecule has 1 N–H and O–H groups in total. The first kappa shape index (κ1) is 16.9. The zero-order valence-electron chi connectivity index (χ0n) is 12.2. The van der Waals surface area contributed by atoms with E-state index in [4.69, 9.17) is 4.74 Å². The third kappa shape index (κ3) is 6.25. The van der Waals surface area contributed by atoms with Crippen molar-refractivity contribution >= 4 is 12.0 Å². The summed E-state index contributed by atoms with van der Waals surface area (Å²) in [6, 6.07) is 4.54. The maximum atomic E-state index is 12.3. The van der Waals surface area contributed by atoms with Gasteiger partial charge in [-0.3, -0.25) is 4.79 Å². The number of carbonyl (C=O) groups is 1. The van der Waals surface area contributed by atoms with Crippen molar-refractivity contribution < 1.29 is 23.0 Å². The standard InChI is InChI=1S/C15H19F2NO3/c1-4-20-13-9-11(5-7-12(13)21-15(16)17)6-8-14(19)18-10(2)3/h5-10,15H,4H2,1-3H3,(H,18,19). The van der Waals surface area contributed by atoms with Gasteiger partial charge in [-0.2, -0.15) is 8.78 Å². The molecule has 0 fully saturated rings. The zero-order valence-corrected chi connectivity index (χ0v) is 12.2. The van der Waals surface area contributed by atoms with E-state index in [-0.39, 0.29) is 23.4 Å². The van der Waals surface area contributed by atoms with E-state index in [1.54, 1.807) is 25.1 Å². The first-order valence-corrected chi connectivity index (χ1v) is 6.62. The molecule has 0 heterocycles. The van der Waals surface area contributed by atoms with Gasteiger partial charge in [-0.05, 0) is 44.5 Å². The summed E-state index contributed by atoms with van der Waals surface area (Å²) in [6.07, 6.45) is 2.95. The molecule has 0 aliphatic rings. The SMILES string of the molecule is CCOc1cc(C=CC(=O)NC(C)C)ccc1OC(F)F. The van der Waals surface area contributed by atoms with Crippen molar-refractivity contribution in [1.82, 2.24) is 5.32 Å². The zero-order chi connectivity index (χ0) is 15.8. The molecule has 4 nitrogen and oxygen atoms in total. The third-order valence-corrected chi connectivity index (χ3v) is 2.34. The quantitative estimate of drug-likeness (QED) is 0.786. The van der Waals surface area contributed by atoms with Crippen molar-refractivity contribution in [3.63, 3.8) is 0 Å². The molecule has 0 saturated heterocycles. The number of rotatable bonds is 7. The number of carbonyl (C=O) groups excluding carboxylic acids is 1. The summed E-state index contributed by atoms with van der Waals surface area (Å²) in [7, 11) is 0. The van der Waals surface area contributed by atoms with Gasteiger partial charge in [0.15, 0.2) is 11.5 Å². The number of hydrogen-bond donors (Lipinski definition) is 1. The number of alkyl halides is 2. The lowest BCUT2D eigenvalue weighted by Gasteiger charge is -2.11. The second-order valence-electron chi connectivity index (χ2n) is 4.51. The summed E-state index contributed by atoms with van der Waals surface area (Å²) in [5.41, 5.74) is 0.652. The normalized spacial score (nSPS) is 11.2. The molecule has 6 heteroatoms. The summed E-state index contributed by atoms with van der Waals surface area (Å²) in [5.74, 6) is -0.0456. The Morgan fingerprint density at radius 2 is 2.05 bits per heavy atom. The Labute approximate surface area is 122 Å². The van der Waals surface area contributed by atoms with E-state index >= 15 is 0 Å². The maximum absolute atomic E-state index is 12.3. The average molecular weight is 299 g/mol. The molecule has 0 aliphatic carbocycles. The minimum atomic E-state index is -2.91. The Hall–Kier alpha value is -2.11. The van der Waals surface area contributed by atoms with Crippen LogP contribution in [0, 0.1) is 0 Å². The minimum absolute atomic E-state index is 0.0318. The summed E-state index contributed by atoms with van der Waals surface area (Å²) in [5, 5.41) is 2.71. The van der Waals surface area contributed by atoms with E-state index in [0.717, 1.165) is 0 Å². The fraction of sp³-hybridized carbons (Fsp3) is 0.400. The Morgan fingerprint density at radius 3 is 2.62 bits per heavy atom. The maximum Gasteiger partial charge on any atom is 0.387 e. The van der Waals surface area contributed by atoms with Crippen LogP contribution in [-0.4, -0.2) is 25.2 Å². The molecule has 1 rings (SSSR count). The van der Waals surface area contributed by atoms with Gasteiger partial charge in [0.05, 0.1) is 6.61 Å². The first-order chi connectivity index (χ1) is 9.92. The molecule has 21 heavy (non-hydrogen) atoms. The number of hydrogen-bond acceptors (Lipinski definition) is 3. The third-order valence-electron chi connectivity index (χ3n) is 2.34. The molecule has 1 aromatic carbocycles.